The maximum atomic E-state index is 12.6. The summed E-state index contributed by atoms with van der Waals surface area (Å²) in [6.07, 6.45) is 20.3. The van der Waals surface area contributed by atoms with Crippen LogP contribution in [0.25, 0.3) is 0 Å². The lowest BCUT2D eigenvalue weighted by molar-refractivity contribution is -0.151. The Balaban J connectivity index is 1.27. The standard InChI is InChI=1S/C37H55NO4S/c1-6-8-11-29-23-38-35(43-29)37(19-20-37)33(42-34(41)7-2)17-12-24(3)30-15-16-31-26(10-9-18-36(30,31)5)13-14-27-21-28(39)22-32(40)25(27)4/h13-14,23-24,28,30-33,39-40H,4,6-12,15-22H2,1-3,5H3/b26-13+,27-14-/t24-,28-,30-,31+,32+,33+,36-/m1/s1. The Morgan fingerprint density at radius 1 is 1.21 bits per heavy atom. The number of allylic oxidation sites excluding steroid dienone is 3. The molecule has 1 aromatic heterocycles. The summed E-state index contributed by atoms with van der Waals surface area (Å²) in [7, 11) is 0. The number of carbonyl (C=O) groups is 1. The lowest BCUT2D eigenvalue weighted by atomic mass is 9.60. The van der Waals surface area contributed by atoms with Crippen molar-refractivity contribution in [1.29, 1.82) is 0 Å². The van der Waals surface area contributed by atoms with Crippen LogP contribution in [0.5, 0.6) is 0 Å². The van der Waals surface area contributed by atoms with Gasteiger partial charge in [0.1, 0.15) is 11.1 Å². The molecule has 0 bridgehead atoms. The minimum absolute atomic E-state index is 0.0830. The summed E-state index contributed by atoms with van der Waals surface area (Å²) in [5, 5.41) is 21.7. The van der Waals surface area contributed by atoms with Crippen LogP contribution in [0, 0.1) is 23.2 Å². The van der Waals surface area contributed by atoms with Crippen molar-refractivity contribution in [2.45, 2.75) is 148 Å². The number of aliphatic hydroxyl groups is 2. The molecule has 0 aromatic carbocycles. The normalized spacial score (nSPS) is 33.4. The van der Waals surface area contributed by atoms with Crippen molar-refractivity contribution in [1.82, 2.24) is 4.98 Å². The van der Waals surface area contributed by atoms with E-state index in [0.29, 0.717) is 37.0 Å². The van der Waals surface area contributed by atoms with Crippen LogP contribution in [0.4, 0.5) is 0 Å². The van der Waals surface area contributed by atoms with Crippen molar-refractivity contribution >= 4 is 17.3 Å². The first-order valence-electron chi connectivity index (χ1n) is 17.2. The molecule has 43 heavy (non-hydrogen) atoms. The number of nitrogens with zero attached hydrogens (tertiary/aromatic N) is 1. The molecule has 238 valence electrons. The predicted octanol–water partition coefficient (Wildman–Crippen LogP) is 8.40. The lowest BCUT2D eigenvalue weighted by Crippen LogP contribution is -2.37. The summed E-state index contributed by atoms with van der Waals surface area (Å²) >= 11 is 1.85. The Kier molecular flexibility index (Phi) is 10.4. The highest BCUT2D eigenvalue weighted by molar-refractivity contribution is 7.11. The first-order chi connectivity index (χ1) is 20.6. The lowest BCUT2D eigenvalue weighted by Gasteiger charge is -2.44. The number of aryl methyl sites for hydroxylation is 1. The number of esters is 1. The first kappa shape index (κ1) is 32.6. The Morgan fingerprint density at radius 3 is 2.72 bits per heavy atom. The van der Waals surface area contributed by atoms with Crippen LogP contribution >= 0.6 is 11.3 Å². The average molecular weight is 610 g/mol. The van der Waals surface area contributed by atoms with Gasteiger partial charge in [-0.1, -0.05) is 58.4 Å². The van der Waals surface area contributed by atoms with Gasteiger partial charge in [-0.2, -0.15) is 0 Å². The molecular weight excluding hydrogens is 554 g/mol. The van der Waals surface area contributed by atoms with Gasteiger partial charge in [-0.15, -0.1) is 11.3 Å². The molecule has 6 heteroatoms. The fourth-order valence-electron chi connectivity index (χ4n) is 8.80. The van der Waals surface area contributed by atoms with Crippen molar-refractivity contribution in [3.8, 4) is 0 Å². The van der Waals surface area contributed by atoms with E-state index < -0.39 is 12.2 Å². The van der Waals surface area contributed by atoms with Gasteiger partial charge in [-0.25, -0.2) is 4.98 Å². The maximum Gasteiger partial charge on any atom is 0.305 e. The highest BCUT2D eigenvalue weighted by atomic mass is 32.1. The Morgan fingerprint density at radius 2 is 2.00 bits per heavy atom. The Hall–Kier alpha value is -1.76. The SMILES string of the molecule is C=C1/C(=C\C=C2/CCC[C@]3(C)[C@@H]([C@H](C)CC[C@H](OC(=O)CC)C4(c5ncc(CCCC)s5)CC4)CC[C@@H]23)C[C@@H](O)C[C@@H]1O. The monoisotopic (exact) mass is 609 g/mol. The van der Waals surface area contributed by atoms with Crippen LogP contribution in [0.15, 0.2) is 41.6 Å². The molecule has 4 saturated carbocycles. The third-order valence-corrected chi connectivity index (χ3v) is 12.9. The number of rotatable bonds is 12. The van der Waals surface area contributed by atoms with Crippen molar-refractivity contribution in [3.63, 3.8) is 0 Å². The number of aliphatic hydroxyl groups excluding tert-OH is 2. The largest absolute Gasteiger partial charge is 0.461 e. The highest BCUT2D eigenvalue weighted by Crippen LogP contribution is 2.60. The second-order valence-corrected chi connectivity index (χ2v) is 15.6. The molecule has 4 aliphatic rings. The van der Waals surface area contributed by atoms with Crippen LogP contribution in [-0.2, 0) is 21.4 Å². The van der Waals surface area contributed by atoms with E-state index in [9.17, 15) is 15.0 Å². The third kappa shape index (κ3) is 6.92. The van der Waals surface area contributed by atoms with Crippen molar-refractivity contribution < 1.29 is 19.7 Å². The smallest absolute Gasteiger partial charge is 0.305 e. The van der Waals surface area contributed by atoms with E-state index in [0.717, 1.165) is 49.7 Å². The van der Waals surface area contributed by atoms with Gasteiger partial charge in [-0.05, 0) is 111 Å². The zero-order valence-corrected chi connectivity index (χ0v) is 27.9. The zero-order chi connectivity index (χ0) is 30.8. The molecule has 1 heterocycles. The number of carbonyl (C=O) groups excluding carboxylic acids is 1. The van der Waals surface area contributed by atoms with Crippen LogP contribution in [-0.4, -0.2) is 39.5 Å². The molecule has 0 saturated heterocycles. The summed E-state index contributed by atoms with van der Waals surface area (Å²) in [6, 6.07) is 0. The summed E-state index contributed by atoms with van der Waals surface area (Å²) in [5.41, 5.74) is 3.49. The van der Waals surface area contributed by atoms with Gasteiger partial charge in [-0.3, -0.25) is 4.79 Å². The number of fused-ring (bicyclic) bond motifs is 1. The molecule has 0 radical (unpaired) electrons. The van der Waals surface area contributed by atoms with E-state index in [1.807, 2.05) is 18.3 Å². The fraction of sp³-hybridized carbons (Fsp3) is 0.730. The zero-order valence-electron chi connectivity index (χ0n) is 27.1. The van der Waals surface area contributed by atoms with E-state index in [4.69, 9.17) is 9.72 Å². The van der Waals surface area contributed by atoms with Crippen LogP contribution < -0.4 is 0 Å². The molecule has 0 spiro atoms. The summed E-state index contributed by atoms with van der Waals surface area (Å²) < 4.78 is 6.22. The summed E-state index contributed by atoms with van der Waals surface area (Å²) in [5.74, 6) is 1.71. The fourth-order valence-corrected chi connectivity index (χ4v) is 10.0. The number of aromatic nitrogens is 1. The number of hydrogen-bond donors (Lipinski definition) is 2. The van der Waals surface area contributed by atoms with E-state index in [2.05, 4.69) is 45.7 Å². The Labute approximate surface area is 263 Å². The Bertz CT molecular complexity index is 1210. The van der Waals surface area contributed by atoms with Crippen molar-refractivity contribution in [2.24, 2.45) is 23.2 Å². The molecule has 5 rings (SSSR count). The molecule has 1 aromatic rings. The highest BCUT2D eigenvalue weighted by Gasteiger charge is 2.55. The van der Waals surface area contributed by atoms with Gasteiger partial charge in [0.2, 0.25) is 0 Å². The van der Waals surface area contributed by atoms with Gasteiger partial charge in [0, 0.05) is 23.9 Å². The minimum Gasteiger partial charge on any atom is -0.461 e. The minimum atomic E-state index is -0.643. The topological polar surface area (TPSA) is 79.7 Å². The number of thiazole rings is 1. The van der Waals surface area contributed by atoms with Crippen LogP contribution in [0.3, 0.4) is 0 Å². The number of unbranched alkanes of at least 4 members (excludes halogenated alkanes) is 1. The summed E-state index contributed by atoms with van der Waals surface area (Å²) in [4.78, 5) is 18.8. The van der Waals surface area contributed by atoms with Crippen LogP contribution in [0.1, 0.15) is 127 Å². The van der Waals surface area contributed by atoms with Gasteiger partial charge in [0.05, 0.1) is 17.6 Å². The summed E-state index contributed by atoms with van der Waals surface area (Å²) in [6.45, 7) is 13.2. The predicted molar refractivity (Wildman–Crippen MR) is 175 cm³/mol. The molecule has 0 unspecified atom stereocenters. The quantitative estimate of drug-likeness (QED) is 0.233. The van der Waals surface area contributed by atoms with Gasteiger partial charge < -0.3 is 14.9 Å². The molecular formula is C37H55NO4S. The average Bonchev–Trinajstić information content (AvgIpc) is 3.50. The molecule has 5 nitrogen and oxygen atoms in total. The molecule has 0 aliphatic heterocycles. The second kappa shape index (κ2) is 13.7. The van der Waals surface area contributed by atoms with E-state index in [1.165, 1.54) is 54.0 Å². The number of ether oxygens (including phenoxy) is 1. The third-order valence-electron chi connectivity index (χ3n) is 11.6. The molecule has 4 aliphatic carbocycles. The first-order valence-corrected chi connectivity index (χ1v) is 18.0. The van der Waals surface area contributed by atoms with Gasteiger partial charge in [0.15, 0.2) is 0 Å². The maximum absolute atomic E-state index is 12.6. The molecule has 4 fully saturated rings. The van der Waals surface area contributed by atoms with E-state index in [-0.39, 0.29) is 22.9 Å². The van der Waals surface area contributed by atoms with E-state index in [1.54, 1.807) is 0 Å². The van der Waals surface area contributed by atoms with Gasteiger partial charge in [0.25, 0.3) is 0 Å². The molecule has 7 atom stereocenters. The molecule has 2 N–H and O–H groups in total. The number of hydrogen-bond acceptors (Lipinski definition) is 6. The second-order valence-electron chi connectivity index (χ2n) is 14.4. The molecule has 0 amide bonds. The van der Waals surface area contributed by atoms with Gasteiger partial charge >= 0.3 is 5.97 Å². The van der Waals surface area contributed by atoms with E-state index >= 15 is 0 Å². The van der Waals surface area contributed by atoms with Crippen molar-refractivity contribution in [3.05, 3.63) is 51.5 Å². The van der Waals surface area contributed by atoms with Crippen molar-refractivity contribution in [2.75, 3.05) is 0 Å². The van der Waals surface area contributed by atoms with Crippen LogP contribution in [0.2, 0.25) is 0 Å².